The van der Waals surface area contributed by atoms with Crippen LogP contribution in [0.1, 0.15) is 27.7 Å². The van der Waals surface area contributed by atoms with Gasteiger partial charge in [-0.1, -0.05) is 0 Å². The molecule has 0 saturated carbocycles. The molecule has 0 amide bonds. The molecule has 0 aromatic carbocycles. The van der Waals surface area contributed by atoms with Crippen molar-refractivity contribution in [1.82, 2.24) is 10.8 Å². The predicted octanol–water partition coefficient (Wildman–Crippen LogP) is 0.764. The summed E-state index contributed by atoms with van der Waals surface area (Å²) >= 11 is 0. The van der Waals surface area contributed by atoms with Crippen molar-refractivity contribution in [1.29, 1.82) is 0 Å². The van der Waals surface area contributed by atoms with E-state index in [1.54, 1.807) is 0 Å². The first-order valence-corrected chi connectivity index (χ1v) is 5.47. The summed E-state index contributed by atoms with van der Waals surface area (Å²) in [5, 5.41) is 12.7. The van der Waals surface area contributed by atoms with Gasteiger partial charge in [-0.3, -0.25) is 4.84 Å². The van der Waals surface area contributed by atoms with Crippen LogP contribution >= 0.6 is 0 Å². The second kappa shape index (κ2) is 7.49. The molecular formula is C11H24N2O3. The monoisotopic (exact) mass is 232 g/mol. The number of nitrogens with one attached hydrogen (secondary N) is 2. The summed E-state index contributed by atoms with van der Waals surface area (Å²) in [4.78, 5) is 5.01. The Hall–Kier alpha value is -0.780. The summed E-state index contributed by atoms with van der Waals surface area (Å²) < 4.78 is 5.01. The number of hydrogen-bond acceptors (Lipinski definition) is 5. The highest BCUT2D eigenvalue weighted by molar-refractivity contribution is 4.74. The van der Waals surface area contributed by atoms with Crippen molar-refractivity contribution >= 4 is 0 Å². The molecule has 0 radical (unpaired) electrons. The van der Waals surface area contributed by atoms with Gasteiger partial charge in [0.2, 0.25) is 5.88 Å². The second-order valence-electron chi connectivity index (χ2n) is 4.55. The van der Waals surface area contributed by atoms with E-state index < -0.39 is 6.10 Å². The smallest absolute Gasteiger partial charge is 0.203 e. The quantitative estimate of drug-likeness (QED) is 0.426. The average molecular weight is 232 g/mol. The number of aliphatic hydroxyl groups is 1. The molecule has 5 nitrogen and oxygen atoms in total. The molecule has 96 valence electrons. The van der Waals surface area contributed by atoms with Gasteiger partial charge in [0.15, 0.2) is 0 Å². The Morgan fingerprint density at radius 3 is 2.56 bits per heavy atom. The number of hydrogen-bond donors (Lipinski definition) is 3. The van der Waals surface area contributed by atoms with E-state index in [2.05, 4.69) is 17.4 Å². The standard InChI is InChI=1S/C11H24N2O3/c1-6-15-9(2)13-16-8-10(14)7-12-11(3,4)5/h10,12-14H,2,6-8H2,1,3-5H3. The molecule has 1 unspecified atom stereocenters. The van der Waals surface area contributed by atoms with Gasteiger partial charge in [-0.15, -0.1) is 0 Å². The fraction of sp³-hybridized carbons (Fsp3) is 0.818. The Labute approximate surface area is 97.8 Å². The summed E-state index contributed by atoms with van der Waals surface area (Å²) in [5.74, 6) is 0.346. The zero-order valence-corrected chi connectivity index (χ0v) is 10.7. The maximum absolute atomic E-state index is 9.56. The number of β-amino-alcohol motifs (C(OH)–C–C–N with tert-alkyl or cyclic N) is 1. The van der Waals surface area contributed by atoms with Gasteiger partial charge in [0.05, 0.1) is 12.7 Å². The molecule has 1 atom stereocenters. The number of hydroxylamine groups is 1. The first kappa shape index (κ1) is 15.2. The molecule has 0 bridgehead atoms. The minimum atomic E-state index is -0.568. The number of rotatable bonds is 8. The summed E-state index contributed by atoms with van der Waals surface area (Å²) in [7, 11) is 0. The molecule has 0 spiro atoms. The highest BCUT2D eigenvalue weighted by atomic mass is 16.7. The van der Waals surface area contributed by atoms with Gasteiger partial charge in [0, 0.05) is 12.1 Å². The van der Waals surface area contributed by atoms with Crippen molar-refractivity contribution in [2.24, 2.45) is 0 Å². The van der Waals surface area contributed by atoms with E-state index in [4.69, 9.17) is 9.57 Å². The average Bonchev–Trinajstić information content (AvgIpc) is 2.14. The van der Waals surface area contributed by atoms with Gasteiger partial charge >= 0.3 is 0 Å². The largest absolute Gasteiger partial charge is 0.478 e. The zero-order valence-electron chi connectivity index (χ0n) is 10.7. The van der Waals surface area contributed by atoms with Crippen LogP contribution in [0.3, 0.4) is 0 Å². The Morgan fingerprint density at radius 2 is 2.06 bits per heavy atom. The highest BCUT2D eigenvalue weighted by Crippen LogP contribution is 1.98. The Bertz CT molecular complexity index is 202. The van der Waals surface area contributed by atoms with Crippen LogP contribution in [0.2, 0.25) is 0 Å². The second-order valence-corrected chi connectivity index (χ2v) is 4.55. The summed E-state index contributed by atoms with van der Waals surface area (Å²) in [6.45, 7) is 12.7. The van der Waals surface area contributed by atoms with Gasteiger partial charge in [-0.25, -0.2) is 5.48 Å². The van der Waals surface area contributed by atoms with Crippen LogP contribution in [0.5, 0.6) is 0 Å². The zero-order chi connectivity index (χ0) is 12.6. The molecule has 0 aromatic rings. The Balaban J connectivity index is 3.51. The molecular weight excluding hydrogens is 208 g/mol. The molecule has 0 aliphatic rings. The molecule has 0 aliphatic heterocycles. The number of aliphatic hydroxyl groups excluding tert-OH is 1. The van der Waals surface area contributed by atoms with Crippen LogP contribution in [-0.4, -0.2) is 36.5 Å². The van der Waals surface area contributed by atoms with Crippen LogP contribution in [-0.2, 0) is 9.57 Å². The summed E-state index contributed by atoms with van der Waals surface area (Å²) in [5.41, 5.74) is 2.50. The lowest BCUT2D eigenvalue weighted by molar-refractivity contribution is -0.0306. The molecule has 0 aliphatic carbocycles. The van der Waals surface area contributed by atoms with Crippen LogP contribution < -0.4 is 10.8 Å². The third kappa shape index (κ3) is 9.76. The first-order valence-electron chi connectivity index (χ1n) is 5.47. The molecule has 0 saturated heterocycles. The van der Waals surface area contributed by atoms with Crippen LogP contribution in [0, 0.1) is 0 Å². The first-order chi connectivity index (χ1) is 7.35. The molecule has 0 rings (SSSR count). The van der Waals surface area contributed by atoms with E-state index in [9.17, 15) is 5.11 Å². The third-order valence-corrected chi connectivity index (χ3v) is 1.65. The molecule has 0 aromatic heterocycles. The maximum atomic E-state index is 9.56. The van der Waals surface area contributed by atoms with Gasteiger partial charge in [-0.2, -0.15) is 0 Å². The maximum Gasteiger partial charge on any atom is 0.203 e. The summed E-state index contributed by atoms with van der Waals surface area (Å²) in [6.07, 6.45) is -0.568. The minimum Gasteiger partial charge on any atom is -0.478 e. The van der Waals surface area contributed by atoms with Crippen molar-refractivity contribution in [3.63, 3.8) is 0 Å². The van der Waals surface area contributed by atoms with Crippen molar-refractivity contribution in [3.8, 4) is 0 Å². The van der Waals surface area contributed by atoms with E-state index in [-0.39, 0.29) is 12.1 Å². The lowest BCUT2D eigenvalue weighted by Gasteiger charge is -2.22. The topological polar surface area (TPSA) is 62.8 Å². The fourth-order valence-electron chi connectivity index (χ4n) is 0.905. The van der Waals surface area contributed by atoms with Gasteiger partial charge < -0.3 is 15.2 Å². The van der Waals surface area contributed by atoms with Gasteiger partial charge in [-0.05, 0) is 34.3 Å². The van der Waals surface area contributed by atoms with Crippen LogP contribution in [0.4, 0.5) is 0 Å². The minimum absolute atomic E-state index is 0.0106. The van der Waals surface area contributed by atoms with Crippen molar-refractivity contribution in [2.45, 2.75) is 39.3 Å². The van der Waals surface area contributed by atoms with Crippen LogP contribution in [0.25, 0.3) is 0 Å². The lowest BCUT2D eigenvalue weighted by Crippen LogP contribution is -2.42. The van der Waals surface area contributed by atoms with Crippen molar-refractivity contribution in [2.75, 3.05) is 19.8 Å². The third-order valence-electron chi connectivity index (χ3n) is 1.65. The fourth-order valence-corrected chi connectivity index (χ4v) is 0.905. The summed E-state index contributed by atoms with van der Waals surface area (Å²) in [6, 6.07) is 0. The van der Waals surface area contributed by atoms with E-state index in [1.165, 1.54) is 0 Å². The Morgan fingerprint density at radius 1 is 1.44 bits per heavy atom. The van der Waals surface area contributed by atoms with Gasteiger partial charge in [0.25, 0.3) is 0 Å². The van der Waals surface area contributed by atoms with Gasteiger partial charge in [0.1, 0.15) is 6.61 Å². The van der Waals surface area contributed by atoms with E-state index in [0.29, 0.717) is 19.0 Å². The SMILES string of the molecule is C=C(NOCC(O)CNC(C)(C)C)OCC. The predicted molar refractivity (Wildman–Crippen MR) is 63.6 cm³/mol. The van der Waals surface area contributed by atoms with Crippen molar-refractivity contribution < 1.29 is 14.7 Å². The molecule has 0 heterocycles. The van der Waals surface area contributed by atoms with Crippen LogP contribution in [0.15, 0.2) is 12.5 Å². The molecule has 3 N–H and O–H groups in total. The van der Waals surface area contributed by atoms with Crippen molar-refractivity contribution in [3.05, 3.63) is 12.5 Å². The van der Waals surface area contributed by atoms with E-state index in [1.807, 2.05) is 27.7 Å². The molecule has 5 heteroatoms. The number of ether oxygens (including phenoxy) is 1. The highest BCUT2D eigenvalue weighted by Gasteiger charge is 2.12. The molecule has 0 fully saturated rings. The molecule has 16 heavy (non-hydrogen) atoms. The lowest BCUT2D eigenvalue weighted by atomic mass is 10.1. The Kier molecular flexibility index (Phi) is 7.12. The van der Waals surface area contributed by atoms with E-state index >= 15 is 0 Å². The normalized spacial score (nSPS) is 13.3. The van der Waals surface area contributed by atoms with E-state index in [0.717, 1.165) is 0 Å².